The number of likely N-dealkylation sites (N-methyl/N-ethyl adjacent to an activating group) is 1. The Morgan fingerprint density at radius 3 is 2.72 bits per heavy atom. The molecule has 0 radical (unpaired) electrons. The van der Waals surface area contributed by atoms with Gasteiger partial charge in [-0.1, -0.05) is 11.6 Å². The highest BCUT2D eigenvalue weighted by Crippen LogP contribution is 2.79. The van der Waals surface area contributed by atoms with Crippen LogP contribution in [-0.2, 0) is 0 Å². The van der Waals surface area contributed by atoms with Crippen LogP contribution in [0.25, 0.3) is 0 Å². The average Bonchev–Trinajstić information content (AvgIpc) is 2.98. The summed E-state index contributed by atoms with van der Waals surface area (Å²) < 4.78 is 0. The van der Waals surface area contributed by atoms with Crippen LogP contribution in [0.3, 0.4) is 0 Å². The predicted molar refractivity (Wildman–Crippen MR) is 69.9 cm³/mol. The summed E-state index contributed by atoms with van der Waals surface area (Å²) in [7, 11) is 2.02. The number of hydrogen-bond donors (Lipinski definition) is 2. The Hall–Kier alpha value is -1.02. The van der Waals surface area contributed by atoms with Gasteiger partial charge >= 0.3 is 0 Å². The smallest absolute Gasteiger partial charge is 0.115 e. The maximum Gasteiger partial charge on any atom is 0.115 e. The topological polar surface area (TPSA) is 32.3 Å². The first-order valence-corrected chi connectivity index (χ1v) is 7.31. The molecule has 18 heavy (non-hydrogen) atoms. The first-order chi connectivity index (χ1) is 8.83. The van der Waals surface area contributed by atoms with Crippen molar-refractivity contribution in [2.45, 2.75) is 12.8 Å². The van der Waals surface area contributed by atoms with E-state index in [1.54, 1.807) is 5.57 Å². The second kappa shape index (κ2) is 2.93. The minimum absolute atomic E-state index is 0.579. The quantitative estimate of drug-likeness (QED) is 0.778. The zero-order chi connectivity index (χ0) is 12.0. The monoisotopic (exact) mass is 241 g/mol. The van der Waals surface area contributed by atoms with Crippen molar-refractivity contribution in [2.24, 2.45) is 35.5 Å². The molecule has 0 aromatic heterocycles. The summed E-state index contributed by atoms with van der Waals surface area (Å²) in [5.41, 5.74) is 4.54. The van der Waals surface area contributed by atoms with Crippen LogP contribution >= 0.6 is 0 Å². The van der Waals surface area contributed by atoms with Crippen LogP contribution in [0.1, 0.15) is 12.8 Å². The van der Waals surface area contributed by atoms with Crippen molar-refractivity contribution in [3.8, 4) is 0 Å². The molecule has 0 spiro atoms. The highest BCUT2D eigenvalue weighted by atomic mass is 16.3. The van der Waals surface area contributed by atoms with Crippen LogP contribution in [0, 0.1) is 35.5 Å². The molecule has 0 aromatic rings. The highest BCUT2D eigenvalue weighted by Gasteiger charge is 2.73. The molecule has 5 aliphatic carbocycles. The summed E-state index contributed by atoms with van der Waals surface area (Å²) in [6.07, 6.45) is 7.00. The molecule has 0 heterocycles. The summed E-state index contributed by atoms with van der Waals surface area (Å²) in [6.45, 7) is 0.955. The second-order valence-electron chi connectivity index (χ2n) is 6.70. The van der Waals surface area contributed by atoms with Crippen LogP contribution < -0.4 is 5.32 Å². The van der Waals surface area contributed by atoms with Crippen molar-refractivity contribution in [3.63, 3.8) is 0 Å². The van der Waals surface area contributed by atoms with Gasteiger partial charge in [0.25, 0.3) is 0 Å². The number of nitrogens with one attached hydrogen (secondary N) is 1. The zero-order valence-electron chi connectivity index (χ0n) is 10.7. The lowest BCUT2D eigenvalue weighted by atomic mass is 9.46. The molecule has 2 heteroatoms. The lowest BCUT2D eigenvalue weighted by molar-refractivity contribution is -0.0772. The molecule has 0 saturated heterocycles. The van der Waals surface area contributed by atoms with E-state index in [4.69, 9.17) is 0 Å². The molecule has 6 unspecified atom stereocenters. The van der Waals surface area contributed by atoms with Crippen molar-refractivity contribution < 1.29 is 5.11 Å². The van der Waals surface area contributed by atoms with Crippen molar-refractivity contribution in [1.29, 1.82) is 0 Å². The van der Waals surface area contributed by atoms with E-state index in [0.29, 0.717) is 11.7 Å². The van der Waals surface area contributed by atoms with Gasteiger partial charge in [-0.15, -0.1) is 0 Å². The summed E-state index contributed by atoms with van der Waals surface area (Å²) in [4.78, 5) is 0. The van der Waals surface area contributed by atoms with Crippen molar-refractivity contribution in [2.75, 3.05) is 13.6 Å². The van der Waals surface area contributed by atoms with Crippen LogP contribution in [0.15, 0.2) is 34.6 Å². The molecule has 6 atom stereocenters. The average molecular weight is 241 g/mol. The standard InChI is InChI=1S/C16H19NO/c1-17-6-7-2-5-10(18)14-15-11(7)12-8-3-4-9(8)13(12)16(14)15/h2,5,8-9,12-13,15-18H,3-4,6H2,1H3. The largest absolute Gasteiger partial charge is 0.508 e. The van der Waals surface area contributed by atoms with Crippen LogP contribution in [0.4, 0.5) is 0 Å². The summed E-state index contributed by atoms with van der Waals surface area (Å²) >= 11 is 0. The number of rotatable bonds is 2. The Morgan fingerprint density at radius 2 is 2.00 bits per heavy atom. The molecule has 4 fully saturated rings. The number of allylic oxidation sites excluding steroid dienone is 3. The molecule has 94 valence electrons. The van der Waals surface area contributed by atoms with E-state index >= 15 is 0 Å². The summed E-state index contributed by atoms with van der Waals surface area (Å²) in [5, 5.41) is 13.4. The molecular formula is C16H19NO. The summed E-state index contributed by atoms with van der Waals surface area (Å²) in [6, 6.07) is 0. The van der Waals surface area contributed by atoms with Gasteiger partial charge in [-0.3, -0.25) is 0 Å². The van der Waals surface area contributed by atoms with Crippen LogP contribution in [0.5, 0.6) is 0 Å². The molecule has 0 bridgehead atoms. The van der Waals surface area contributed by atoms with E-state index in [0.717, 1.165) is 36.1 Å². The van der Waals surface area contributed by atoms with Crippen molar-refractivity contribution >= 4 is 0 Å². The van der Waals surface area contributed by atoms with Gasteiger partial charge in [0.1, 0.15) is 5.76 Å². The van der Waals surface area contributed by atoms with E-state index in [-0.39, 0.29) is 0 Å². The molecule has 0 aromatic carbocycles. The van der Waals surface area contributed by atoms with Crippen molar-refractivity contribution in [3.05, 3.63) is 34.6 Å². The lowest BCUT2D eigenvalue weighted by Gasteiger charge is -2.59. The fraction of sp³-hybridized carbons (Fsp3) is 0.625. The summed E-state index contributed by atoms with van der Waals surface area (Å²) in [5.74, 6) is 5.70. The Morgan fingerprint density at radius 1 is 1.17 bits per heavy atom. The van der Waals surface area contributed by atoms with E-state index in [2.05, 4.69) is 11.4 Å². The SMILES string of the molecule is CNCC1=C2C3C(=C(O)C=C1)C3C1C3CCC3C21. The number of aliphatic hydroxyl groups excluding tert-OH is 1. The second-order valence-corrected chi connectivity index (χ2v) is 6.70. The Labute approximate surface area is 107 Å². The third-order valence-corrected chi connectivity index (χ3v) is 6.28. The highest BCUT2D eigenvalue weighted by molar-refractivity contribution is 5.59. The van der Waals surface area contributed by atoms with Gasteiger partial charge in [0.15, 0.2) is 0 Å². The Balaban J connectivity index is 1.66. The van der Waals surface area contributed by atoms with Crippen LogP contribution in [-0.4, -0.2) is 18.7 Å². The third kappa shape index (κ3) is 0.871. The van der Waals surface area contributed by atoms with E-state index in [1.807, 2.05) is 13.1 Å². The molecule has 4 saturated carbocycles. The van der Waals surface area contributed by atoms with E-state index in [1.165, 1.54) is 24.0 Å². The van der Waals surface area contributed by atoms with Gasteiger partial charge in [-0.2, -0.15) is 0 Å². The number of hydrogen-bond acceptors (Lipinski definition) is 2. The van der Waals surface area contributed by atoms with Gasteiger partial charge in [-0.25, -0.2) is 0 Å². The fourth-order valence-electron chi connectivity index (χ4n) is 5.56. The molecule has 0 amide bonds. The van der Waals surface area contributed by atoms with Gasteiger partial charge in [0.05, 0.1) is 0 Å². The third-order valence-electron chi connectivity index (χ3n) is 6.28. The maximum atomic E-state index is 10.2. The normalized spacial score (nSPS) is 50.1. The minimum atomic E-state index is 0.579. The fourth-order valence-corrected chi connectivity index (χ4v) is 5.56. The van der Waals surface area contributed by atoms with E-state index < -0.39 is 0 Å². The van der Waals surface area contributed by atoms with Gasteiger partial charge in [-0.05, 0) is 66.7 Å². The Bertz CT molecular complexity index is 541. The first kappa shape index (κ1) is 9.85. The van der Waals surface area contributed by atoms with Gasteiger partial charge in [0.2, 0.25) is 0 Å². The molecule has 2 nitrogen and oxygen atoms in total. The predicted octanol–water partition coefficient (Wildman–Crippen LogP) is 2.42. The molecule has 5 rings (SSSR count). The molecule has 5 aliphatic rings. The molecule has 0 aliphatic heterocycles. The molecular weight excluding hydrogens is 222 g/mol. The zero-order valence-corrected chi connectivity index (χ0v) is 10.7. The first-order valence-electron chi connectivity index (χ1n) is 7.31. The van der Waals surface area contributed by atoms with Crippen LogP contribution in [0.2, 0.25) is 0 Å². The maximum absolute atomic E-state index is 10.2. The Kier molecular flexibility index (Phi) is 1.60. The number of aliphatic hydroxyl groups is 1. The van der Waals surface area contributed by atoms with E-state index in [9.17, 15) is 5.11 Å². The lowest BCUT2D eigenvalue weighted by Crippen LogP contribution is -2.53. The van der Waals surface area contributed by atoms with Crippen molar-refractivity contribution in [1.82, 2.24) is 5.32 Å². The number of fused-ring (bicyclic) bond motifs is 7. The molecule has 2 N–H and O–H groups in total. The van der Waals surface area contributed by atoms with Gasteiger partial charge in [0, 0.05) is 12.5 Å². The van der Waals surface area contributed by atoms with Gasteiger partial charge < -0.3 is 10.4 Å². The minimum Gasteiger partial charge on any atom is -0.508 e.